The number of aromatic nitrogens is 3. The Morgan fingerprint density at radius 3 is 2.56 bits per heavy atom. The zero-order valence-electron chi connectivity index (χ0n) is 20.9. The van der Waals surface area contributed by atoms with Gasteiger partial charge in [0, 0.05) is 34.9 Å². The van der Waals surface area contributed by atoms with Crippen LogP contribution in [0.15, 0.2) is 28.8 Å². The molecule has 1 unspecified atom stereocenters. The summed E-state index contributed by atoms with van der Waals surface area (Å²) in [6, 6.07) is 8.65. The summed E-state index contributed by atoms with van der Waals surface area (Å²) in [5.41, 5.74) is 3.89. The van der Waals surface area contributed by atoms with Crippen molar-refractivity contribution in [2.24, 2.45) is 0 Å². The number of fused-ring (bicyclic) bond motifs is 1. The maximum atomic E-state index is 12.3. The molecule has 0 spiro atoms. The number of hydrogen-bond acceptors (Lipinski definition) is 5. The van der Waals surface area contributed by atoms with Gasteiger partial charge in [0.05, 0.1) is 17.4 Å². The quantitative estimate of drug-likeness (QED) is 0.519. The van der Waals surface area contributed by atoms with E-state index in [9.17, 15) is 4.79 Å². The van der Waals surface area contributed by atoms with Crippen molar-refractivity contribution >= 4 is 23.9 Å². The molecule has 1 aromatic carbocycles. The number of carbonyl (C=O) groups excluding carboxylic acids is 1. The first-order chi connectivity index (χ1) is 17.6. The van der Waals surface area contributed by atoms with E-state index >= 15 is 0 Å². The van der Waals surface area contributed by atoms with Crippen LogP contribution in [0.5, 0.6) is 0 Å². The Morgan fingerprint density at radius 2 is 1.94 bits per heavy atom. The van der Waals surface area contributed by atoms with Crippen LogP contribution in [0.1, 0.15) is 63.7 Å². The first-order valence-electron chi connectivity index (χ1n) is 13.2. The average Bonchev–Trinajstić information content (AvgIpc) is 3.37. The van der Waals surface area contributed by atoms with Gasteiger partial charge in [0.1, 0.15) is 0 Å². The monoisotopic (exact) mass is 487 g/mol. The van der Waals surface area contributed by atoms with Gasteiger partial charge in [-0.3, -0.25) is 0 Å². The third-order valence-electron chi connectivity index (χ3n) is 7.60. The van der Waals surface area contributed by atoms with E-state index in [1.165, 1.54) is 18.2 Å². The average molecular weight is 488 g/mol. The largest absolute Gasteiger partial charge is 0.374 e. The minimum absolute atomic E-state index is 0.0575. The van der Waals surface area contributed by atoms with Crippen molar-refractivity contribution in [3.8, 4) is 22.7 Å². The Morgan fingerprint density at radius 1 is 1.17 bits per heavy atom. The molecule has 3 aliphatic rings. The van der Waals surface area contributed by atoms with Crippen molar-refractivity contribution in [1.29, 1.82) is 0 Å². The van der Waals surface area contributed by atoms with Crippen LogP contribution in [0, 0.1) is 6.92 Å². The molecule has 2 fully saturated rings. The lowest BCUT2D eigenvalue weighted by Crippen LogP contribution is -2.41. The van der Waals surface area contributed by atoms with Gasteiger partial charge in [0.15, 0.2) is 5.82 Å². The Bertz CT molecular complexity index is 1380. The smallest absolute Gasteiger partial charge is 0.319 e. The van der Waals surface area contributed by atoms with Crippen LogP contribution in [0.4, 0.5) is 10.5 Å². The molecule has 8 heteroatoms. The molecule has 0 radical (unpaired) electrons. The standard InChI is InChI=1S/C28H33N5O3/c1-3-35-22-14-15-23-24(16-22)33(21-8-5-9-21)26(25(23)27-29-17(2)32-36-27)18-10-12-20(13-11-18)31-28(34)30-19-6-4-7-19/h10-13,15-16,19,21-22H,3-9,14H2,1-2H3,(H2,30,31,34). The van der Waals surface area contributed by atoms with Crippen LogP contribution in [0.3, 0.4) is 0 Å². The summed E-state index contributed by atoms with van der Waals surface area (Å²) in [7, 11) is 0. The van der Waals surface area contributed by atoms with E-state index in [1.54, 1.807) is 0 Å². The van der Waals surface area contributed by atoms with Gasteiger partial charge in [-0.25, -0.2) is 4.79 Å². The van der Waals surface area contributed by atoms with E-state index in [1.807, 2.05) is 26.0 Å². The SMILES string of the molecule is CCOC1C=c2c(c(-c3nc(C)no3)c(-c3ccc(NC(=O)NC4CCC4)cc3)n2C2CCC2)=CC1. The maximum absolute atomic E-state index is 12.3. The molecule has 2 aromatic heterocycles. The predicted octanol–water partition coefficient (Wildman–Crippen LogP) is 4.28. The second kappa shape index (κ2) is 9.58. The maximum Gasteiger partial charge on any atom is 0.319 e. The number of anilines is 1. The molecule has 3 aliphatic carbocycles. The van der Waals surface area contributed by atoms with E-state index in [0.29, 0.717) is 30.4 Å². The van der Waals surface area contributed by atoms with Crippen LogP contribution >= 0.6 is 0 Å². The van der Waals surface area contributed by atoms with Gasteiger partial charge in [-0.1, -0.05) is 23.4 Å². The number of carbonyl (C=O) groups is 1. The highest BCUT2D eigenvalue weighted by Crippen LogP contribution is 2.38. The highest BCUT2D eigenvalue weighted by molar-refractivity contribution is 5.90. The highest BCUT2D eigenvalue weighted by atomic mass is 16.5. The molecule has 8 nitrogen and oxygen atoms in total. The lowest BCUT2D eigenvalue weighted by molar-refractivity contribution is 0.110. The first-order valence-corrected chi connectivity index (χ1v) is 13.2. The molecule has 2 saturated carbocycles. The van der Waals surface area contributed by atoms with E-state index in [2.05, 4.69) is 49.6 Å². The lowest BCUT2D eigenvalue weighted by atomic mass is 9.92. The van der Waals surface area contributed by atoms with Gasteiger partial charge in [0.25, 0.3) is 5.89 Å². The van der Waals surface area contributed by atoms with E-state index in [0.717, 1.165) is 59.8 Å². The Labute approximate surface area is 210 Å². The fraction of sp³-hybridized carbons (Fsp3) is 0.464. The van der Waals surface area contributed by atoms with Gasteiger partial charge in [-0.05, 0) is 82.6 Å². The van der Waals surface area contributed by atoms with Crippen molar-refractivity contribution in [2.45, 2.75) is 77.0 Å². The molecule has 3 aromatic rings. The Hall–Kier alpha value is -3.39. The van der Waals surface area contributed by atoms with Gasteiger partial charge in [-0.2, -0.15) is 4.98 Å². The third kappa shape index (κ3) is 4.23. The zero-order chi connectivity index (χ0) is 24.6. The van der Waals surface area contributed by atoms with Crippen LogP contribution in [-0.4, -0.2) is 39.5 Å². The number of amides is 2. The topological polar surface area (TPSA) is 94.2 Å². The molecule has 1 atom stereocenters. The normalized spacial score (nSPS) is 19.4. The summed E-state index contributed by atoms with van der Waals surface area (Å²) in [6.45, 7) is 4.56. The summed E-state index contributed by atoms with van der Waals surface area (Å²) in [5, 5.41) is 12.4. The van der Waals surface area contributed by atoms with Gasteiger partial charge >= 0.3 is 6.03 Å². The van der Waals surface area contributed by atoms with Crippen molar-refractivity contribution < 1.29 is 14.1 Å². The summed E-state index contributed by atoms with van der Waals surface area (Å²) in [4.78, 5) is 17.0. The van der Waals surface area contributed by atoms with Crippen molar-refractivity contribution in [2.75, 3.05) is 11.9 Å². The number of rotatable bonds is 7. The summed E-state index contributed by atoms with van der Waals surface area (Å²) in [5.74, 6) is 1.16. The molecule has 0 saturated heterocycles. The number of nitrogens with zero attached hydrogens (tertiary/aromatic N) is 3. The molecule has 0 aliphatic heterocycles. The van der Waals surface area contributed by atoms with Gasteiger partial charge in [-0.15, -0.1) is 0 Å². The minimum atomic E-state index is -0.144. The van der Waals surface area contributed by atoms with Crippen LogP contribution in [0.25, 0.3) is 34.9 Å². The van der Waals surface area contributed by atoms with Gasteiger partial charge in [0.2, 0.25) is 0 Å². The lowest BCUT2D eigenvalue weighted by Gasteiger charge is -2.30. The molecule has 6 rings (SSSR count). The number of urea groups is 1. The fourth-order valence-electron chi connectivity index (χ4n) is 5.35. The van der Waals surface area contributed by atoms with E-state index in [4.69, 9.17) is 9.26 Å². The molecular weight excluding hydrogens is 454 g/mol. The molecule has 0 bridgehead atoms. The van der Waals surface area contributed by atoms with Crippen LogP contribution < -0.4 is 21.2 Å². The number of ether oxygens (including phenoxy) is 1. The Balaban J connectivity index is 1.44. The minimum Gasteiger partial charge on any atom is -0.374 e. The number of benzene rings is 1. The van der Waals surface area contributed by atoms with Crippen molar-refractivity contribution in [1.82, 2.24) is 20.0 Å². The summed E-state index contributed by atoms with van der Waals surface area (Å²) >= 11 is 0. The highest BCUT2D eigenvalue weighted by Gasteiger charge is 2.30. The molecule has 36 heavy (non-hydrogen) atoms. The third-order valence-corrected chi connectivity index (χ3v) is 7.60. The number of hydrogen-bond donors (Lipinski definition) is 2. The molecule has 188 valence electrons. The number of nitrogens with one attached hydrogen (secondary N) is 2. The molecular formula is C28H33N5O3. The van der Waals surface area contributed by atoms with E-state index in [-0.39, 0.29) is 12.1 Å². The molecule has 2 heterocycles. The predicted molar refractivity (Wildman–Crippen MR) is 139 cm³/mol. The molecule has 2 N–H and O–H groups in total. The first kappa shape index (κ1) is 23.0. The molecule has 2 amide bonds. The van der Waals surface area contributed by atoms with Gasteiger partial charge < -0.3 is 24.5 Å². The second-order valence-electron chi connectivity index (χ2n) is 10.0. The van der Waals surface area contributed by atoms with Crippen molar-refractivity contribution in [3.05, 3.63) is 40.7 Å². The fourth-order valence-corrected chi connectivity index (χ4v) is 5.35. The van der Waals surface area contributed by atoms with Crippen LogP contribution in [-0.2, 0) is 4.74 Å². The van der Waals surface area contributed by atoms with Crippen LogP contribution in [0.2, 0.25) is 0 Å². The zero-order valence-corrected chi connectivity index (χ0v) is 20.9. The number of aryl methyl sites for hydroxylation is 1. The summed E-state index contributed by atoms with van der Waals surface area (Å²) in [6.07, 6.45) is 12.2. The van der Waals surface area contributed by atoms with E-state index < -0.39 is 0 Å². The summed E-state index contributed by atoms with van der Waals surface area (Å²) < 4.78 is 14.2. The second-order valence-corrected chi connectivity index (χ2v) is 10.0. The Kier molecular flexibility index (Phi) is 6.13. The van der Waals surface area contributed by atoms with Crippen molar-refractivity contribution in [3.63, 3.8) is 0 Å².